The quantitative estimate of drug-likeness (QED) is 0.756. The van der Waals surface area contributed by atoms with Crippen molar-refractivity contribution >= 4 is 5.91 Å². The zero-order valence-electron chi connectivity index (χ0n) is 10.1. The van der Waals surface area contributed by atoms with Gasteiger partial charge in [-0.05, 0) is 46.0 Å². The summed E-state index contributed by atoms with van der Waals surface area (Å²) >= 11 is 0. The summed E-state index contributed by atoms with van der Waals surface area (Å²) in [6.45, 7) is 7.59. The van der Waals surface area contributed by atoms with E-state index in [1.165, 1.54) is 0 Å². The number of nitriles is 1. The number of nitrogens with zero attached hydrogens (tertiary/aromatic N) is 1. The molecule has 1 aliphatic carbocycles. The lowest BCUT2D eigenvalue weighted by molar-refractivity contribution is -0.120. The highest BCUT2D eigenvalue weighted by Crippen LogP contribution is 2.43. The number of hydrogen-bond acceptors (Lipinski definition) is 2. The number of carbonyl (C=O) groups is 1. The highest BCUT2D eigenvalue weighted by atomic mass is 16.1. The molecule has 3 nitrogen and oxygen atoms in total. The van der Waals surface area contributed by atoms with Gasteiger partial charge < -0.3 is 5.32 Å². The van der Waals surface area contributed by atoms with Gasteiger partial charge in [-0.25, -0.2) is 0 Å². The second-order valence-corrected chi connectivity index (χ2v) is 5.52. The van der Waals surface area contributed by atoms with E-state index in [4.69, 9.17) is 5.26 Å². The fourth-order valence-electron chi connectivity index (χ4n) is 2.49. The van der Waals surface area contributed by atoms with E-state index in [9.17, 15) is 4.79 Å². The van der Waals surface area contributed by atoms with Gasteiger partial charge in [0.2, 0.25) is 5.91 Å². The van der Waals surface area contributed by atoms with Crippen LogP contribution in [-0.4, -0.2) is 11.4 Å². The van der Waals surface area contributed by atoms with Crippen molar-refractivity contribution < 1.29 is 4.79 Å². The van der Waals surface area contributed by atoms with Gasteiger partial charge in [0.15, 0.2) is 0 Å². The number of rotatable bonds is 2. The molecule has 1 aliphatic rings. The van der Waals surface area contributed by atoms with Crippen LogP contribution in [0.5, 0.6) is 0 Å². The standard InChI is InChI=1S/C12H20N2O/c1-9(15)14-12(4)6-5-10(7-12)11(2,3)8-13/h10H,5-7H2,1-4H3,(H,14,15). The summed E-state index contributed by atoms with van der Waals surface area (Å²) < 4.78 is 0. The molecule has 1 amide bonds. The highest BCUT2D eigenvalue weighted by Gasteiger charge is 2.42. The lowest BCUT2D eigenvalue weighted by Gasteiger charge is -2.28. The number of carbonyl (C=O) groups excluding carboxylic acids is 1. The number of nitrogens with one attached hydrogen (secondary N) is 1. The Kier molecular flexibility index (Phi) is 3.08. The molecule has 1 fully saturated rings. The molecule has 1 N–H and O–H groups in total. The van der Waals surface area contributed by atoms with Crippen LogP contribution in [0.25, 0.3) is 0 Å². The van der Waals surface area contributed by atoms with Crippen molar-refractivity contribution in [2.75, 3.05) is 0 Å². The monoisotopic (exact) mass is 208 g/mol. The zero-order chi connectivity index (χ0) is 11.7. The van der Waals surface area contributed by atoms with Gasteiger partial charge in [-0.15, -0.1) is 0 Å². The van der Waals surface area contributed by atoms with Crippen LogP contribution in [0.2, 0.25) is 0 Å². The summed E-state index contributed by atoms with van der Waals surface area (Å²) in [6.07, 6.45) is 2.91. The molecule has 3 heteroatoms. The van der Waals surface area contributed by atoms with Crippen LogP contribution >= 0.6 is 0 Å². The Morgan fingerprint density at radius 3 is 2.67 bits per heavy atom. The van der Waals surface area contributed by atoms with E-state index >= 15 is 0 Å². The second-order valence-electron chi connectivity index (χ2n) is 5.52. The van der Waals surface area contributed by atoms with Crippen molar-refractivity contribution in [2.45, 2.75) is 52.5 Å². The Hall–Kier alpha value is -1.04. The molecular formula is C12H20N2O. The van der Waals surface area contributed by atoms with Gasteiger partial charge in [0.05, 0.1) is 11.5 Å². The Bertz CT molecular complexity index is 303. The maximum atomic E-state index is 11.1. The molecule has 2 unspecified atom stereocenters. The smallest absolute Gasteiger partial charge is 0.217 e. The first-order valence-corrected chi connectivity index (χ1v) is 5.49. The minimum Gasteiger partial charge on any atom is -0.351 e. The van der Waals surface area contributed by atoms with Gasteiger partial charge in [-0.1, -0.05) is 0 Å². The third-order valence-electron chi connectivity index (χ3n) is 3.53. The lowest BCUT2D eigenvalue weighted by Crippen LogP contribution is -2.43. The topological polar surface area (TPSA) is 52.9 Å². The molecule has 0 spiro atoms. The fourth-order valence-corrected chi connectivity index (χ4v) is 2.49. The van der Waals surface area contributed by atoms with E-state index in [1.807, 2.05) is 13.8 Å². The normalized spacial score (nSPS) is 31.0. The molecule has 0 saturated heterocycles. The van der Waals surface area contributed by atoms with Gasteiger partial charge in [0.25, 0.3) is 0 Å². The average Bonchev–Trinajstić information content (AvgIpc) is 2.47. The molecule has 15 heavy (non-hydrogen) atoms. The van der Waals surface area contributed by atoms with Gasteiger partial charge in [0, 0.05) is 12.5 Å². The van der Waals surface area contributed by atoms with Crippen molar-refractivity contribution in [3.8, 4) is 6.07 Å². The van der Waals surface area contributed by atoms with E-state index in [1.54, 1.807) is 6.92 Å². The molecule has 0 heterocycles. The largest absolute Gasteiger partial charge is 0.351 e. The third-order valence-corrected chi connectivity index (χ3v) is 3.53. The van der Waals surface area contributed by atoms with E-state index in [2.05, 4.69) is 18.3 Å². The summed E-state index contributed by atoms with van der Waals surface area (Å²) in [7, 11) is 0. The van der Waals surface area contributed by atoms with Crippen LogP contribution in [-0.2, 0) is 4.79 Å². The van der Waals surface area contributed by atoms with Crippen LogP contribution in [0.3, 0.4) is 0 Å². The average molecular weight is 208 g/mol. The lowest BCUT2D eigenvalue weighted by atomic mass is 9.78. The summed E-state index contributed by atoms with van der Waals surface area (Å²) in [5, 5.41) is 12.1. The van der Waals surface area contributed by atoms with Crippen LogP contribution in [0.15, 0.2) is 0 Å². The molecule has 0 radical (unpaired) electrons. The fraction of sp³-hybridized carbons (Fsp3) is 0.833. The molecule has 0 aromatic carbocycles. The van der Waals surface area contributed by atoms with Crippen LogP contribution in [0, 0.1) is 22.7 Å². The molecule has 1 saturated carbocycles. The van der Waals surface area contributed by atoms with E-state index < -0.39 is 0 Å². The Morgan fingerprint density at radius 2 is 2.20 bits per heavy atom. The summed E-state index contributed by atoms with van der Waals surface area (Å²) in [4.78, 5) is 11.1. The molecule has 0 aromatic heterocycles. The second kappa shape index (κ2) is 3.84. The van der Waals surface area contributed by atoms with Gasteiger partial charge in [0.1, 0.15) is 0 Å². The number of amides is 1. The summed E-state index contributed by atoms with van der Waals surface area (Å²) in [6, 6.07) is 2.36. The SMILES string of the molecule is CC(=O)NC1(C)CCC(C(C)(C)C#N)C1. The summed E-state index contributed by atoms with van der Waals surface area (Å²) in [5.41, 5.74) is -0.388. The van der Waals surface area contributed by atoms with Crippen LogP contribution in [0.4, 0.5) is 0 Å². The first kappa shape index (κ1) is 12.0. The van der Waals surface area contributed by atoms with E-state index in [0.29, 0.717) is 5.92 Å². The Morgan fingerprint density at radius 1 is 1.60 bits per heavy atom. The molecule has 2 atom stereocenters. The first-order chi connectivity index (χ1) is 6.79. The minimum atomic E-state index is -0.282. The number of hydrogen-bond donors (Lipinski definition) is 1. The van der Waals surface area contributed by atoms with Crippen molar-refractivity contribution in [2.24, 2.45) is 11.3 Å². The van der Waals surface area contributed by atoms with Crippen molar-refractivity contribution in [1.82, 2.24) is 5.32 Å². The van der Waals surface area contributed by atoms with Gasteiger partial charge in [-0.3, -0.25) is 4.79 Å². The van der Waals surface area contributed by atoms with Gasteiger partial charge >= 0.3 is 0 Å². The van der Waals surface area contributed by atoms with Crippen molar-refractivity contribution in [3.63, 3.8) is 0 Å². The molecule has 0 aliphatic heterocycles. The third kappa shape index (κ3) is 2.71. The highest BCUT2D eigenvalue weighted by molar-refractivity contribution is 5.73. The summed E-state index contributed by atoms with van der Waals surface area (Å²) in [5.74, 6) is 0.410. The van der Waals surface area contributed by atoms with Crippen molar-refractivity contribution in [1.29, 1.82) is 5.26 Å². The Labute approximate surface area is 91.9 Å². The molecule has 1 rings (SSSR count). The van der Waals surface area contributed by atoms with E-state index in [-0.39, 0.29) is 16.9 Å². The molecule has 84 valence electrons. The Balaban J connectivity index is 2.67. The molecule has 0 bridgehead atoms. The maximum absolute atomic E-state index is 11.1. The maximum Gasteiger partial charge on any atom is 0.217 e. The zero-order valence-corrected chi connectivity index (χ0v) is 10.1. The van der Waals surface area contributed by atoms with Gasteiger partial charge in [-0.2, -0.15) is 5.26 Å². The van der Waals surface area contributed by atoms with Crippen LogP contribution < -0.4 is 5.32 Å². The van der Waals surface area contributed by atoms with E-state index in [0.717, 1.165) is 19.3 Å². The molecule has 0 aromatic rings. The first-order valence-electron chi connectivity index (χ1n) is 5.49. The molecular weight excluding hydrogens is 188 g/mol. The minimum absolute atomic E-state index is 0.0212. The predicted octanol–water partition coefficient (Wildman–Crippen LogP) is 2.23. The predicted molar refractivity (Wildman–Crippen MR) is 59.0 cm³/mol. The van der Waals surface area contributed by atoms with Crippen molar-refractivity contribution in [3.05, 3.63) is 0 Å². The van der Waals surface area contributed by atoms with Crippen LogP contribution in [0.1, 0.15) is 47.0 Å².